The molecule has 0 bridgehead atoms. The maximum atomic E-state index is 13.1. The molecule has 0 aliphatic rings. The van der Waals surface area contributed by atoms with Crippen LogP contribution >= 0.6 is 11.8 Å². The summed E-state index contributed by atoms with van der Waals surface area (Å²) in [5.74, 6) is 0.454. The predicted molar refractivity (Wildman–Crippen MR) is 105 cm³/mol. The highest BCUT2D eigenvalue weighted by molar-refractivity contribution is 7.99. The van der Waals surface area contributed by atoms with E-state index in [-0.39, 0.29) is 11.1 Å². The highest BCUT2D eigenvalue weighted by Gasteiger charge is 2.18. The number of hydrogen-bond donors (Lipinski definition) is 0. The largest absolute Gasteiger partial charge is 0.455 e. The van der Waals surface area contributed by atoms with Crippen LogP contribution in [0.5, 0.6) is 0 Å². The van der Waals surface area contributed by atoms with Crippen molar-refractivity contribution in [2.75, 3.05) is 0 Å². The van der Waals surface area contributed by atoms with Crippen molar-refractivity contribution in [2.24, 2.45) is 0 Å². The van der Waals surface area contributed by atoms with Crippen molar-refractivity contribution in [1.29, 1.82) is 0 Å². The lowest BCUT2D eigenvalue weighted by Crippen LogP contribution is -2.06. The average molecular weight is 375 g/mol. The van der Waals surface area contributed by atoms with E-state index in [1.807, 2.05) is 36.4 Å². The van der Waals surface area contributed by atoms with Crippen molar-refractivity contribution in [3.8, 4) is 11.3 Å². The fourth-order valence-corrected chi connectivity index (χ4v) is 3.79. The van der Waals surface area contributed by atoms with E-state index in [4.69, 9.17) is 4.42 Å². The molecule has 0 N–H and O–H groups in total. The van der Waals surface area contributed by atoms with Gasteiger partial charge in [0.1, 0.15) is 10.5 Å². The quantitative estimate of drug-likeness (QED) is 0.347. The minimum absolute atomic E-state index is 0.0218. The molecule has 1 heterocycles. The Morgan fingerprint density at radius 3 is 2.41 bits per heavy atom. The molecule has 27 heavy (non-hydrogen) atoms. The van der Waals surface area contributed by atoms with E-state index in [2.05, 4.69) is 0 Å². The van der Waals surface area contributed by atoms with Gasteiger partial charge in [-0.3, -0.25) is 14.9 Å². The topological polar surface area (TPSA) is 73.3 Å². The van der Waals surface area contributed by atoms with Gasteiger partial charge in [0.15, 0.2) is 5.76 Å². The van der Waals surface area contributed by atoms with E-state index in [1.165, 1.54) is 23.9 Å². The molecule has 3 aromatic carbocycles. The SMILES string of the molecule is O=c1c(Sc2cccc([N+](=O)[O-])c2)c(-c2ccccc2)oc2ccccc12. The number of benzene rings is 3. The highest BCUT2D eigenvalue weighted by atomic mass is 32.2. The molecule has 0 fully saturated rings. The third-order valence-corrected chi connectivity index (χ3v) is 5.11. The first-order chi connectivity index (χ1) is 13.1. The van der Waals surface area contributed by atoms with Crippen molar-refractivity contribution in [3.05, 3.63) is 99.2 Å². The Morgan fingerprint density at radius 1 is 0.889 bits per heavy atom. The van der Waals surface area contributed by atoms with Gasteiger partial charge in [0.2, 0.25) is 5.43 Å². The lowest BCUT2D eigenvalue weighted by atomic mass is 10.1. The normalized spacial score (nSPS) is 10.8. The first-order valence-electron chi connectivity index (χ1n) is 8.17. The summed E-state index contributed by atoms with van der Waals surface area (Å²) in [6, 6.07) is 22.6. The molecule has 1 aromatic heterocycles. The molecule has 132 valence electrons. The Balaban J connectivity index is 1.93. The van der Waals surface area contributed by atoms with Gasteiger partial charge in [-0.1, -0.05) is 60.3 Å². The molecule has 0 aliphatic carbocycles. The molecule has 0 saturated carbocycles. The summed E-state index contributed by atoms with van der Waals surface area (Å²) in [5.41, 5.74) is 1.09. The van der Waals surface area contributed by atoms with Crippen LogP contribution in [0.2, 0.25) is 0 Å². The second-order valence-electron chi connectivity index (χ2n) is 5.81. The molecule has 0 spiro atoms. The second kappa shape index (κ2) is 7.09. The summed E-state index contributed by atoms with van der Waals surface area (Å²) < 4.78 is 6.06. The van der Waals surface area contributed by atoms with Gasteiger partial charge in [-0.2, -0.15) is 0 Å². The van der Waals surface area contributed by atoms with Gasteiger partial charge < -0.3 is 4.42 Å². The van der Waals surface area contributed by atoms with Crippen molar-refractivity contribution in [3.63, 3.8) is 0 Å². The first kappa shape index (κ1) is 17.1. The molecule has 0 aliphatic heterocycles. The Kier molecular flexibility index (Phi) is 4.48. The lowest BCUT2D eigenvalue weighted by molar-refractivity contribution is -0.385. The molecule has 0 saturated heterocycles. The number of para-hydroxylation sites is 1. The van der Waals surface area contributed by atoms with Gasteiger partial charge >= 0.3 is 0 Å². The van der Waals surface area contributed by atoms with Crippen LogP contribution in [0.4, 0.5) is 5.69 Å². The molecule has 4 aromatic rings. The molecule has 6 heteroatoms. The zero-order valence-electron chi connectivity index (χ0n) is 14.0. The van der Waals surface area contributed by atoms with Crippen LogP contribution in [0.25, 0.3) is 22.3 Å². The standard InChI is InChI=1S/C21H13NO4S/c23-19-17-11-4-5-12-18(17)26-20(14-7-2-1-3-8-14)21(19)27-16-10-6-9-15(13-16)22(24)25/h1-13H. The summed E-state index contributed by atoms with van der Waals surface area (Å²) in [7, 11) is 0. The molecule has 0 amide bonds. The fraction of sp³-hybridized carbons (Fsp3) is 0. The van der Waals surface area contributed by atoms with Gasteiger partial charge in [-0.25, -0.2) is 0 Å². The number of non-ortho nitro benzene ring substituents is 1. The van der Waals surface area contributed by atoms with E-state index < -0.39 is 4.92 Å². The van der Waals surface area contributed by atoms with Crippen LogP contribution in [0.3, 0.4) is 0 Å². The Hall–Kier alpha value is -3.38. The Labute approximate surface area is 158 Å². The number of rotatable bonds is 4. The third kappa shape index (κ3) is 3.35. The van der Waals surface area contributed by atoms with Crippen molar-refractivity contribution >= 4 is 28.4 Å². The van der Waals surface area contributed by atoms with E-state index in [1.54, 1.807) is 30.3 Å². The molecular formula is C21H13NO4S. The number of nitrogens with zero attached hydrogens (tertiary/aromatic N) is 1. The molecular weight excluding hydrogens is 362 g/mol. The van der Waals surface area contributed by atoms with Gasteiger partial charge in [0.25, 0.3) is 5.69 Å². The maximum absolute atomic E-state index is 13.1. The first-order valence-corrected chi connectivity index (χ1v) is 8.99. The van der Waals surface area contributed by atoms with Gasteiger partial charge in [-0.15, -0.1) is 0 Å². The maximum Gasteiger partial charge on any atom is 0.270 e. The highest BCUT2D eigenvalue weighted by Crippen LogP contribution is 2.36. The predicted octanol–water partition coefficient (Wildman–Crippen LogP) is 5.52. The van der Waals surface area contributed by atoms with Crippen molar-refractivity contribution < 1.29 is 9.34 Å². The number of hydrogen-bond acceptors (Lipinski definition) is 5. The monoisotopic (exact) mass is 375 g/mol. The van der Waals surface area contributed by atoms with Gasteiger partial charge in [0, 0.05) is 22.6 Å². The molecule has 0 atom stereocenters. The van der Waals surface area contributed by atoms with Crippen LogP contribution < -0.4 is 5.43 Å². The lowest BCUT2D eigenvalue weighted by Gasteiger charge is -2.10. The van der Waals surface area contributed by atoms with Crippen LogP contribution in [0.15, 0.2) is 97.9 Å². The Bertz CT molecular complexity index is 1200. The molecule has 5 nitrogen and oxygen atoms in total. The molecule has 4 rings (SSSR count). The van der Waals surface area contributed by atoms with Crippen LogP contribution in [0, 0.1) is 10.1 Å². The minimum atomic E-state index is -0.453. The molecule has 0 radical (unpaired) electrons. The summed E-state index contributed by atoms with van der Waals surface area (Å²) in [5, 5.41) is 11.5. The summed E-state index contributed by atoms with van der Waals surface area (Å²) >= 11 is 1.17. The van der Waals surface area contributed by atoms with E-state index in [0.29, 0.717) is 26.5 Å². The summed E-state index contributed by atoms with van der Waals surface area (Å²) in [6.07, 6.45) is 0. The fourth-order valence-electron chi connectivity index (χ4n) is 2.78. The second-order valence-corrected chi connectivity index (χ2v) is 6.89. The minimum Gasteiger partial charge on any atom is -0.455 e. The smallest absolute Gasteiger partial charge is 0.270 e. The van der Waals surface area contributed by atoms with Crippen LogP contribution in [-0.2, 0) is 0 Å². The third-order valence-electron chi connectivity index (χ3n) is 4.04. The summed E-state index contributed by atoms with van der Waals surface area (Å²) in [4.78, 5) is 24.7. The summed E-state index contributed by atoms with van der Waals surface area (Å²) in [6.45, 7) is 0. The van der Waals surface area contributed by atoms with Gasteiger partial charge in [0.05, 0.1) is 10.3 Å². The van der Waals surface area contributed by atoms with E-state index >= 15 is 0 Å². The number of fused-ring (bicyclic) bond motifs is 1. The van der Waals surface area contributed by atoms with E-state index in [9.17, 15) is 14.9 Å². The van der Waals surface area contributed by atoms with Crippen molar-refractivity contribution in [1.82, 2.24) is 0 Å². The van der Waals surface area contributed by atoms with Crippen LogP contribution in [-0.4, -0.2) is 4.92 Å². The molecule has 0 unspecified atom stereocenters. The van der Waals surface area contributed by atoms with E-state index in [0.717, 1.165) is 5.56 Å². The zero-order valence-corrected chi connectivity index (χ0v) is 14.8. The Morgan fingerprint density at radius 2 is 1.63 bits per heavy atom. The van der Waals surface area contributed by atoms with Crippen LogP contribution in [0.1, 0.15) is 0 Å². The zero-order chi connectivity index (χ0) is 18.8. The average Bonchev–Trinajstić information content (AvgIpc) is 2.71. The number of nitro groups is 1. The van der Waals surface area contributed by atoms with Gasteiger partial charge in [-0.05, 0) is 18.2 Å². The number of nitro benzene ring substituents is 1. The van der Waals surface area contributed by atoms with Crippen molar-refractivity contribution in [2.45, 2.75) is 9.79 Å².